The van der Waals surface area contributed by atoms with E-state index in [9.17, 15) is 5.11 Å². The summed E-state index contributed by atoms with van der Waals surface area (Å²) >= 11 is 5.92. The highest BCUT2D eigenvalue weighted by molar-refractivity contribution is 6.30. The van der Waals surface area contributed by atoms with Gasteiger partial charge in [0.25, 0.3) is 0 Å². The number of piperidine rings is 1. The molecule has 0 bridgehead atoms. The molecule has 3 N–H and O–H groups in total. The maximum atomic E-state index is 10.6. The highest BCUT2D eigenvalue weighted by Crippen LogP contribution is 2.33. The first kappa shape index (κ1) is 18.5. The summed E-state index contributed by atoms with van der Waals surface area (Å²) < 4.78 is 0. The van der Waals surface area contributed by atoms with Crippen LogP contribution < -0.4 is 5.32 Å². The van der Waals surface area contributed by atoms with Gasteiger partial charge in [-0.15, -0.1) is 0 Å². The lowest BCUT2D eigenvalue weighted by atomic mass is 9.87. The van der Waals surface area contributed by atoms with E-state index in [1.807, 2.05) is 24.3 Å². The lowest BCUT2D eigenvalue weighted by Crippen LogP contribution is -2.29. The van der Waals surface area contributed by atoms with Crippen molar-refractivity contribution in [3.63, 3.8) is 0 Å². The molecule has 1 aliphatic heterocycles. The number of aliphatic hydroxyl groups is 1. The van der Waals surface area contributed by atoms with Crippen molar-refractivity contribution in [2.75, 3.05) is 20.1 Å². The zero-order valence-corrected chi connectivity index (χ0v) is 16.3. The Morgan fingerprint density at radius 1 is 1.19 bits per heavy atom. The lowest BCUT2D eigenvalue weighted by molar-refractivity contribution is 0.133. The maximum Gasteiger partial charge on any atom is 0.146 e. The molecule has 1 fully saturated rings. The number of aliphatic hydroxyl groups excluding tert-OH is 1. The van der Waals surface area contributed by atoms with Gasteiger partial charge in [0.15, 0.2) is 0 Å². The van der Waals surface area contributed by atoms with Crippen molar-refractivity contribution >= 4 is 22.5 Å². The molecule has 2 aromatic carbocycles. The summed E-state index contributed by atoms with van der Waals surface area (Å²) in [4.78, 5) is 5.78. The molecular weight excluding hydrogens is 358 g/mol. The molecule has 3 aromatic rings. The minimum Gasteiger partial charge on any atom is -0.373 e. The fourth-order valence-corrected chi connectivity index (χ4v) is 4.08. The van der Waals surface area contributed by atoms with Gasteiger partial charge < -0.3 is 15.0 Å². The number of hydrogen-bond acceptors (Lipinski definition) is 3. The number of nitrogens with zero attached hydrogens (tertiary/aromatic N) is 1. The highest BCUT2D eigenvalue weighted by Gasteiger charge is 2.21. The van der Waals surface area contributed by atoms with Crippen LogP contribution in [0.25, 0.3) is 10.9 Å². The van der Waals surface area contributed by atoms with E-state index in [1.54, 1.807) is 0 Å². The molecule has 5 heteroatoms. The third-order valence-electron chi connectivity index (χ3n) is 5.58. The minimum atomic E-state index is -0.738. The summed E-state index contributed by atoms with van der Waals surface area (Å²) in [7, 11) is 2.19. The van der Waals surface area contributed by atoms with E-state index < -0.39 is 6.23 Å². The van der Waals surface area contributed by atoms with Crippen molar-refractivity contribution in [2.45, 2.75) is 31.5 Å². The molecule has 0 aliphatic carbocycles. The van der Waals surface area contributed by atoms with Gasteiger partial charge in [0.1, 0.15) is 6.23 Å². The topological polar surface area (TPSA) is 51.3 Å². The normalized spacial score (nSPS) is 17.4. The standard InChI is InChI=1S/C22H26ClN3O/c1-26-11-9-16(10-12-26)18-3-2-4-20-19(18)13-21(25-20)22(27)24-14-15-5-7-17(23)8-6-15/h2-8,13,16,22,24-25,27H,9-12,14H2,1H3. The van der Waals surface area contributed by atoms with E-state index in [4.69, 9.17) is 11.6 Å². The number of rotatable bonds is 5. The third kappa shape index (κ3) is 4.19. The molecule has 1 saturated heterocycles. The van der Waals surface area contributed by atoms with Crippen LogP contribution in [0.2, 0.25) is 5.02 Å². The second-order valence-corrected chi connectivity index (χ2v) is 7.96. The zero-order valence-electron chi connectivity index (χ0n) is 15.6. The lowest BCUT2D eigenvalue weighted by Gasteiger charge is -2.29. The van der Waals surface area contributed by atoms with E-state index in [0.717, 1.165) is 34.9 Å². The first-order valence-corrected chi connectivity index (χ1v) is 9.94. The zero-order chi connectivity index (χ0) is 18.8. The molecule has 0 saturated carbocycles. The first-order chi connectivity index (χ1) is 13.1. The number of aromatic nitrogens is 1. The van der Waals surface area contributed by atoms with E-state index in [2.05, 4.69) is 46.5 Å². The van der Waals surface area contributed by atoms with E-state index in [1.165, 1.54) is 23.8 Å². The van der Waals surface area contributed by atoms with Gasteiger partial charge >= 0.3 is 0 Å². The Morgan fingerprint density at radius 3 is 2.67 bits per heavy atom. The molecule has 4 rings (SSSR count). The second kappa shape index (κ2) is 8.03. The molecule has 27 heavy (non-hydrogen) atoms. The van der Waals surface area contributed by atoms with Crippen LogP contribution in [0.1, 0.15) is 41.8 Å². The van der Waals surface area contributed by atoms with Crippen LogP contribution in [0, 0.1) is 0 Å². The maximum absolute atomic E-state index is 10.6. The quantitative estimate of drug-likeness (QED) is 0.572. The fraction of sp³-hybridized carbons (Fsp3) is 0.364. The minimum absolute atomic E-state index is 0.579. The van der Waals surface area contributed by atoms with Gasteiger partial charge in [-0.2, -0.15) is 0 Å². The van der Waals surface area contributed by atoms with Gasteiger partial charge in [-0.05, 0) is 74.3 Å². The van der Waals surface area contributed by atoms with Gasteiger partial charge in [-0.25, -0.2) is 0 Å². The van der Waals surface area contributed by atoms with Gasteiger partial charge in [0, 0.05) is 22.5 Å². The summed E-state index contributed by atoms with van der Waals surface area (Å²) in [5.74, 6) is 0.590. The van der Waals surface area contributed by atoms with Crippen molar-refractivity contribution in [1.82, 2.24) is 15.2 Å². The molecule has 142 valence electrons. The Bertz CT molecular complexity index is 898. The molecule has 4 nitrogen and oxygen atoms in total. The van der Waals surface area contributed by atoms with E-state index in [0.29, 0.717) is 12.5 Å². The monoisotopic (exact) mass is 383 g/mol. The van der Waals surface area contributed by atoms with Crippen molar-refractivity contribution < 1.29 is 5.11 Å². The van der Waals surface area contributed by atoms with Crippen molar-refractivity contribution in [3.05, 3.63) is 70.4 Å². The molecule has 2 heterocycles. The van der Waals surface area contributed by atoms with Crippen LogP contribution in [0.5, 0.6) is 0 Å². The smallest absolute Gasteiger partial charge is 0.146 e. The first-order valence-electron chi connectivity index (χ1n) is 9.56. The van der Waals surface area contributed by atoms with Gasteiger partial charge in [0.05, 0.1) is 5.69 Å². The van der Waals surface area contributed by atoms with Crippen LogP contribution in [0.15, 0.2) is 48.5 Å². The van der Waals surface area contributed by atoms with Gasteiger partial charge in [-0.3, -0.25) is 5.32 Å². The summed E-state index contributed by atoms with van der Waals surface area (Å²) in [6, 6.07) is 16.2. The molecule has 1 atom stereocenters. The number of nitrogens with one attached hydrogen (secondary N) is 2. The highest BCUT2D eigenvalue weighted by atomic mass is 35.5. The van der Waals surface area contributed by atoms with Crippen molar-refractivity contribution in [1.29, 1.82) is 0 Å². The number of fused-ring (bicyclic) bond motifs is 1. The SMILES string of the molecule is CN1CCC(c2cccc3[nH]c(C(O)NCc4ccc(Cl)cc4)cc23)CC1. The predicted molar refractivity (Wildman–Crippen MR) is 111 cm³/mol. The Balaban J connectivity index is 1.50. The van der Waals surface area contributed by atoms with Crippen molar-refractivity contribution in [2.24, 2.45) is 0 Å². The molecule has 1 aromatic heterocycles. The third-order valence-corrected chi connectivity index (χ3v) is 5.84. The molecular formula is C22H26ClN3O. The number of benzene rings is 2. The van der Waals surface area contributed by atoms with Crippen LogP contribution in [-0.2, 0) is 6.54 Å². The Labute approximate surface area is 165 Å². The van der Waals surface area contributed by atoms with E-state index >= 15 is 0 Å². The largest absolute Gasteiger partial charge is 0.373 e. The van der Waals surface area contributed by atoms with Gasteiger partial charge in [0.2, 0.25) is 0 Å². The van der Waals surface area contributed by atoms with Crippen LogP contribution >= 0.6 is 11.6 Å². The Hall–Kier alpha value is -1.85. The second-order valence-electron chi connectivity index (χ2n) is 7.52. The number of likely N-dealkylation sites (tertiary alicyclic amines) is 1. The number of hydrogen-bond donors (Lipinski definition) is 3. The van der Waals surface area contributed by atoms with Crippen LogP contribution in [0.3, 0.4) is 0 Å². The average Bonchev–Trinajstić information content (AvgIpc) is 3.12. The van der Waals surface area contributed by atoms with Crippen molar-refractivity contribution in [3.8, 4) is 0 Å². The molecule has 0 amide bonds. The Morgan fingerprint density at radius 2 is 1.93 bits per heavy atom. The number of aromatic amines is 1. The molecule has 1 unspecified atom stereocenters. The Kier molecular flexibility index (Phi) is 5.50. The molecule has 0 radical (unpaired) electrons. The number of H-pyrrole nitrogens is 1. The summed E-state index contributed by atoms with van der Waals surface area (Å²) in [5, 5.41) is 15.7. The predicted octanol–water partition coefficient (Wildman–Crippen LogP) is 4.41. The number of halogens is 1. The van der Waals surface area contributed by atoms with Crippen LogP contribution in [0.4, 0.5) is 0 Å². The van der Waals surface area contributed by atoms with Gasteiger partial charge in [-0.1, -0.05) is 35.9 Å². The summed E-state index contributed by atoms with van der Waals surface area (Å²) in [6.45, 7) is 2.86. The summed E-state index contributed by atoms with van der Waals surface area (Å²) in [6.07, 6.45) is 1.64. The average molecular weight is 384 g/mol. The van der Waals surface area contributed by atoms with Crippen LogP contribution in [-0.4, -0.2) is 35.1 Å². The fourth-order valence-electron chi connectivity index (χ4n) is 3.95. The molecule has 1 aliphatic rings. The summed E-state index contributed by atoms with van der Waals surface area (Å²) in [5.41, 5.74) is 4.38. The molecule has 0 spiro atoms. The van der Waals surface area contributed by atoms with E-state index in [-0.39, 0.29) is 0 Å².